The second kappa shape index (κ2) is 4.05. The van der Waals surface area contributed by atoms with Crippen molar-refractivity contribution < 1.29 is 4.39 Å². The molecule has 1 aliphatic heterocycles. The summed E-state index contributed by atoms with van der Waals surface area (Å²) in [6.45, 7) is 6.76. The van der Waals surface area contributed by atoms with Crippen LogP contribution in [-0.4, -0.2) is 11.4 Å². The SMILES string of the molecule is C=CN1CCCC1c1cc(C)cc(F)c1. The van der Waals surface area contributed by atoms with Gasteiger partial charge < -0.3 is 4.90 Å². The first-order chi connectivity index (χ1) is 7.20. The van der Waals surface area contributed by atoms with Gasteiger partial charge in [-0.05, 0) is 49.2 Å². The van der Waals surface area contributed by atoms with E-state index in [1.54, 1.807) is 12.1 Å². The Morgan fingerprint density at radius 3 is 2.93 bits per heavy atom. The number of hydrogen-bond donors (Lipinski definition) is 0. The highest BCUT2D eigenvalue weighted by Gasteiger charge is 2.23. The van der Waals surface area contributed by atoms with E-state index < -0.39 is 0 Å². The lowest BCUT2D eigenvalue weighted by Gasteiger charge is -2.23. The number of aryl methyl sites for hydroxylation is 1. The van der Waals surface area contributed by atoms with Crippen molar-refractivity contribution in [3.05, 3.63) is 47.9 Å². The van der Waals surface area contributed by atoms with Crippen LogP contribution >= 0.6 is 0 Å². The fourth-order valence-corrected chi connectivity index (χ4v) is 2.32. The van der Waals surface area contributed by atoms with Gasteiger partial charge in [-0.25, -0.2) is 4.39 Å². The molecular formula is C13H16FN. The third kappa shape index (κ3) is 2.04. The average molecular weight is 205 g/mol. The van der Waals surface area contributed by atoms with Crippen molar-refractivity contribution in [2.24, 2.45) is 0 Å². The summed E-state index contributed by atoms with van der Waals surface area (Å²) in [5.74, 6) is -0.138. The predicted octanol–water partition coefficient (Wildman–Crippen LogP) is 3.41. The van der Waals surface area contributed by atoms with Gasteiger partial charge in [-0.15, -0.1) is 0 Å². The molecule has 1 aliphatic rings. The molecule has 0 amide bonds. The van der Waals surface area contributed by atoms with Gasteiger partial charge >= 0.3 is 0 Å². The van der Waals surface area contributed by atoms with Crippen LogP contribution in [0.25, 0.3) is 0 Å². The molecule has 1 heterocycles. The van der Waals surface area contributed by atoms with E-state index in [0.29, 0.717) is 6.04 Å². The Bertz CT molecular complexity index is 353. The molecule has 0 bridgehead atoms. The molecule has 2 rings (SSSR count). The quantitative estimate of drug-likeness (QED) is 0.715. The van der Waals surface area contributed by atoms with Gasteiger partial charge in [-0.3, -0.25) is 0 Å². The van der Waals surface area contributed by atoms with Gasteiger partial charge in [-0.1, -0.05) is 12.6 Å². The summed E-state index contributed by atoms with van der Waals surface area (Å²) in [7, 11) is 0. The second-order valence-corrected chi connectivity index (χ2v) is 4.14. The standard InChI is InChI=1S/C13H16FN/c1-3-15-6-4-5-13(15)11-7-10(2)8-12(14)9-11/h3,7-9,13H,1,4-6H2,2H3. The van der Waals surface area contributed by atoms with E-state index in [4.69, 9.17) is 0 Å². The minimum atomic E-state index is -0.138. The maximum absolute atomic E-state index is 13.3. The molecule has 1 aromatic carbocycles. The molecule has 0 radical (unpaired) electrons. The number of likely N-dealkylation sites (tertiary alicyclic amines) is 1. The number of hydrogen-bond acceptors (Lipinski definition) is 1. The number of rotatable bonds is 2. The second-order valence-electron chi connectivity index (χ2n) is 4.14. The van der Waals surface area contributed by atoms with Crippen LogP contribution in [0, 0.1) is 12.7 Å². The fourth-order valence-electron chi connectivity index (χ4n) is 2.32. The molecule has 0 N–H and O–H groups in total. The van der Waals surface area contributed by atoms with Crippen LogP contribution in [0.5, 0.6) is 0 Å². The van der Waals surface area contributed by atoms with Gasteiger partial charge in [0.25, 0.3) is 0 Å². The van der Waals surface area contributed by atoms with Gasteiger partial charge in [0, 0.05) is 6.54 Å². The summed E-state index contributed by atoms with van der Waals surface area (Å²) in [5.41, 5.74) is 2.06. The third-order valence-corrected chi connectivity index (χ3v) is 2.98. The van der Waals surface area contributed by atoms with Crippen molar-refractivity contribution in [1.82, 2.24) is 4.90 Å². The number of halogens is 1. The van der Waals surface area contributed by atoms with E-state index in [1.165, 1.54) is 0 Å². The highest BCUT2D eigenvalue weighted by atomic mass is 19.1. The third-order valence-electron chi connectivity index (χ3n) is 2.98. The molecule has 1 atom stereocenters. The van der Waals surface area contributed by atoms with Crippen LogP contribution in [-0.2, 0) is 0 Å². The van der Waals surface area contributed by atoms with Crippen molar-refractivity contribution in [3.8, 4) is 0 Å². The van der Waals surface area contributed by atoms with E-state index >= 15 is 0 Å². The highest BCUT2D eigenvalue weighted by molar-refractivity contribution is 5.27. The van der Waals surface area contributed by atoms with Crippen molar-refractivity contribution >= 4 is 0 Å². The van der Waals surface area contributed by atoms with Crippen LogP contribution < -0.4 is 0 Å². The smallest absolute Gasteiger partial charge is 0.123 e. The molecule has 0 saturated carbocycles. The molecule has 1 unspecified atom stereocenters. The summed E-state index contributed by atoms with van der Waals surface area (Å²) >= 11 is 0. The molecule has 0 aromatic heterocycles. The molecule has 1 aromatic rings. The Labute approximate surface area is 90.2 Å². The Kier molecular flexibility index (Phi) is 2.76. The summed E-state index contributed by atoms with van der Waals surface area (Å²) < 4.78 is 13.3. The zero-order valence-electron chi connectivity index (χ0n) is 9.04. The van der Waals surface area contributed by atoms with Crippen molar-refractivity contribution in [2.75, 3.05) is 6.54 Å². The van der Waals surface area contributed by atoms with E-state index in [2.05, 4.69) is 17.5 Å². The van der Waals surface area contributed by atoms with E-state index in [0.717, 1.165) is 30.5 Å². The summed E-state index contributed by atoms with van der Waals surface area (Å²) in [6, 6.07) is 5.59. The molecular weight excluding hydrogens is 189 g/mol. The topological polar surface area (TPSA) is 3.24 Å². The Hall–Kier alpha value is -1.31. The molecule has 1 fully saturated rings. The number of benzene rings is 1. The first-order valence-electron chi connectivity index (χ1n) is 5.36. The average Bonchev–Trinajstić information content (AvgIpc) is 2.63. The zero-order chi connectivity index (χ0) is 10.8. The lowest BCUT2D eigenvalue weighted by Crippen LogP contribution is -2.16. The van der Waals surface area contributed by atoms with Gasteiger partial charge in [0.05, 0.1) is 6.04 Å². The first-order valence-corrected chi connectivity index (χ1v) is 5.36. The highest BCUT2D eigenvalue weighted by Crippen LogP contribution is 2.32. The van der Waals surface area contributed by atoms with Crippen molar-refractivity contribution in [1.29, 1.82) is 0 Å². The minimum Gasteiger partial charge on any atom is -0.371 e. The molecule has 2 heteroatoms. The van der Waals surface area contributed by atoms with Crippen LogP contribution in [0.1, 0.15) is 30.0 Å². The van der Waals surface area contributed by atoms with Crippen LogP contribution in [0.4, 0.5) is 4.39 Å². The zero-order valence-corrected chi connectivity index (χ0v) is 9.04. The summed E-state index contributed by atoms with van der Waals surface area (Å²) in [5, 5.41) is 0. The van der Waals surface area contributed by atoms with E-state index in [1.807, 2.05) is 13.1 Å². The van der Waals surface area contributed by atoms with E-state index in [-0.39, 0.29) is 5.82 Å². The van der Waals surface area contributed by atoms with Crippen LogP contribution in [0.15, 0.2) is 31.0 Å². The van der Waals surface area contributed by atoms with Crippen LogP contribution in [0.2, 0.25) is 0 Å². The predicted molar refractivity (Wildman–Crippen MR) is 60.0 cm³/mol. The van der Waals surface area contributed by atoms with E-state index in [9.17, 15) is 4.39 Å². The Morgan fingerprint density at radius 1 is 1.47 bits per heavy atom. The van der Waals surface area contributed by atoms with Gasteiger partial charge in [0.15, 0.2) is 0 Å². The fraction of sp³-hybridized carbons (Fsp3) is 0.385. The Morgan fingerprint density at radius 2 is 2.27 bits per heavy atom. The molecule has 80 valence electrons. The lowest BCUT2D eigenvalue weighted by molar-refractivity contribution is 0.358. The lowest BCUT2D eigenvalue weighted by atomic mass is 10.0. The molecule has 0 aliphatic carbocycles. The summed E-state index contributed by atoms with van der Waals surface area (Å²) in [6.07, 6.45) is 4.11. The monoisotopic (exact) mass is 205 g/mol. The molecule has 15 heavy (non-hydrogen) atoms. The normalized spacial score (nSPS) is 20.7. The minimum absolute atomic E-state index is 0.138. The maximum atomic E-state index is 13.3. The van der Waals surface area contributed by atoms with Gasteiger partial charge in [0.1, 0.15) is 5.82 Å². The van der Waals surface area contributed by atoms with Crippen molar-refractivity contribution in [3.63, 3.8) is 0 Å². The van der Waals surface area contributed by atoms with Crippen molar-refractivity contribution in [2.45, 2.75) is 25.8 Å². The first kappa shape index (κ1) is 10.2. The largest absolute Gasteiger partial charge is 0.371 e. The van der Waals surface area contributed by atoms with Gasteiger partial charge in [-0.2, -0.15) is 0 Å². The summed E-state index contributed by atoms with van der Waals surface area (Å²) in [4.78, 5) is 2.19. The number of nitrogens with zero attached hydrogens (tertiary/aromatic N) is 1. The molecule has 0 spiro atoms. The maximum Gasteiger partial charge on any atom is 0.123 e. The Balaban J connectivity index is 2.32. The molecule has 1 saturated heterocycles. The van der Waals surface area contributed by atoms with Gasteiger partial charge in [0.2, 0.25) is 0 Å². The van der Waals surface area contributed by atoms with Crippen LogP contribution in [0.3, 0.4) is 0 Å². The molecule has 1 nitrogen and oxygen atoms in total.